The molecule has 0 atom stereocenters. The Balaban J connectivity index is 1.98. The molecule has 0 bridgehead atoms. The van der Waals surface area contributed by atoms with Gasteiger partial charge >= 0.3 is 6.09 Å². The van der Waals surface area contributed by atoms with Crippen molar-refractivity contribution in [1.82, 2.24) is 14.8 Å². The predicted molar refractivity (Wildman–Crippen MR) is 91.3 cm³/mol. The number of pyridine rings is 1. The standard InChI is InChI=1S/C18H27N3O3/c1-18(2,3)24-17(23)21(14-15-6-9-19-10-7-15)13-8-16(22)20-11-4-5-12-20/h6-7,9-10H,4-5,8,11-14H2,1-3H3. The van der Waals surface area contributed by atoms with Crippen LogP contribution in [0.4, 0.5) is 4.79 Å². The SMILES string of the molecule is CC(C)(C)OC(=O)N(CCC(=O)N1CCCC1)Cc1ccncc1. The summed E-state index contributed by atoms with van der Waals surface area (Å²) in [4.78, 5) is 32.2. The maximum atomic E-state index is 12.5. The molecule has 1 aliphatic rings. The van der Waals surface area contributed by atoms with Crippen molar-refractivity contribution in [1.29, 1.82) is 0 Å². The quantitative estimate of drug-likeness (QED) is 0.831. The zero-order chi connectivity index (χ0) is 17.6. The number of carbonyl (C=O) groups is 2. The van der Waals surface area contributed by atoms with E-state index in [4.69, 9.17) is 4.74 Å². The lowest BCUT2D eigenvalue weighted by atomic mass is 10.2. The van der Waals surface area contributed by atoms with Crippen LogP contribution in [0.2, 0.25) is 0 Å². The average Bonchev–Trinajstić information content (AvgIpc) is 3.04. The van der Waals surface area contributed by atoms with Crippen molar-refractivity contribution in [3.63, 3.8) is 0 Å². The number of carbonyl (C=O) groups excluding carboxylic acids is 2. The van der Waals surface area contributed by atoms with Crippen LogP contribution in [0.3, 0.4) is 0 Å². The molecule has 132 valence electrons. The van der Waals surface area contributed by atoms with Gasteiger partial charge in [0, 0.05) is 45.0 Å². The minimum atomic E-state index is -0.563. The molecule has 0 spiro atoms. The molecule has 1 fully saturated rings. The minimum Gasteiger partial charge on any atom is -0.444 e. The van der Waals surface area contributed by atoms with E-state index in [1.54, 1.807) is 17.3 Å². The van der Waals surface area contributed by atoms with Gasteiger partial charge in [-0.25, -0.2) is 4.79 Å². The van der Waals surface area contributed by atoms with E-state index in [9.17, 15) is 9.59 Å². The molecular formula is C18H27N3O3. The van der Waals surface area contributed by atoms with E-state index in [0.717, 1.165) is 31.5 Å². The summed E-state index contributed by atoms with van der Waals surface area (Å²) >= 11 is 0. The van der Waals surface area contributed by atoms with Gasteiger partial charge in [0.25, 0.3) is 0 Å². The van der Waals surface area contributed by atoms with Gasteiger partial charge in [-0.3, -0.25) is 9.78 Å². The second-order valence-corrected chi connectivity index (χ2v) is 7.10. The van der Waals surface area contributed by atoms with Crippen LogP contribution in [0.25, 0.3) is 0 Å². The van der Waals surface area contributed by atoms with Gasteiger partial charge in [-0.1, -0.05) is 0 Å². The molecule has 6 nitrogen and oxygen atoms in total. The monoisotopic (exact) mass is 333 g/mol. The Morgan fingerprint density at radius 1 is 1.21 bits per heavy atom. The molecule has 1 aromatic heterocycles. The fourth-order valence-corrected chi connectivity index (χ4v) is 2.63. The van der Waals surface area contributed by atoms with E-state index in [2.05, 4.69) is 4.98 Å². The van der Waals surface area contributed by atoms with Crippen LogP contribution in [0.1, 0.15) is 45.6 Å². The molecule has 1 aromatic rings. The van der Waals surface area contributed by atoms with Crippen LogP contribution in [-0.4, -0.2) is 52.0 Å². The molecule has 2 amide bonds. The number of rotatable bonds is 5. The van der Waals surface area contributed by atoms with Crippen LogP contribution in [0.5, 0.6) is 0 Å². The van der Waals surface area contributed by atoms with Crippen molar-refractivity contribution >= 4 is 12.0 Å². The zero-order valence-electron chi connectivity index (χ0n) is 14.8. The zero-order valence-corrected chi connectivity index (χ0v) is 14.8. The van der Waals surface area contributed by atoms with E-state index < -0.39 is 11.7 Å². The Bertz CT molecular complexity index is 548. The Morgan fingerprint density at radius 3 is 2.42 bits per heavy atom. The van der Waals surface area contributed by atoms with Gasteiger partial charge in [0.2, 0.25) is 5.91 Å². The largest absolute Gasteiger partial charge is 0.444 e. The molecular weight excluding hydrogens is 306 g/mol. The molecule has 24 heavy (non-hydrogen) atoms. The average molecular weight is 333 g/mol. The fourth-order valence-electron chi connectivity index (χ4n) is 2.63. The van der Waals surface area contributed by atoms with Gasteiger partial charge in [-0.2, -0.15) is 0 Å². The molecule has 1 saturated heterocycles. The highest BCUT2D eigenvalue weighted by atomic mass is 16.6. The maximum Gasteiger partial charge on any atom is 0.410 e. The van der Waals surface area contributed by atoms with Crippen molar-refractivity contribution in [2.45, 2.75) is 52.2 Å². The molecule has 0 N–H and O–H groups in total. The molecule has 0 aliphatic carbocycles. The van der Waals surface area contributed by atoms with Crippen LogP contribution in [0.15, 0.2) is 24.5 Å². The summed E-state index contributed by atoms with van der Waals surface area (Å²) in [6.45, 7) is 7.93. The summed E-state index contributed by atoms with van der Waals surface area (Å²) in [5, 5.41) is 0. The highest BCUT2D eigenvalue weighted by Gasteiger charge is 2.24. The van der Waals surface area contributed by atoms with Gasteiger partial charge < -0.3 is 14.5 Å². The topological polar surface area (TPSA) is 62.7 Å². The molecule has 0 radical (unpaired) electrons. The Labute approximate surface area is 143 Å². The van der Waals surface area contributed by atoms with E-state index in [1.165, 1.54) is 0 Å². The highest BCUT2D eigenvalue weighted by molar-refractivity contribution is 5.77. The first-order valence-corrected chi connectivity index (χ1v) is 8.50. The fraction of sp³-hybridized carbons (Fsp3) is 0.611. The van der Waals surface area contributed by atoms with Gasteiger partial charge in [0.1, 0.15) is 5.60 Å². The van der Waals surface area contributed by atoms with Gasteiger partial charge in [-0.05, 0) is 51.3 Å². The van der Waals surface area contributed by atoms with E-state index in [-0.39, 0.29) is 5.91 Å². The van der Waals surface area contributed by atoms with Gasteiger partial charge in [0.05, 0.1) is 0 Å². The highest BCUT2D eigenvalue weighted by Crippen LogP contribution is 2.14. The van der Waals surface area contributed by atoms with Crippen molar-refractivity contribution in [3.8, 4) is 0 Å². The second kappa shape index (κ2) is 8.13. The maximum absolute atomic E-state index is 12.5. The van der Waals surface area contributed by atoms with Gasteiger partial charge in [0.15, 0.2) is 0 Å². The number of nitrogens with zero attached hydrogens (tertiary/aromatic N) is 3. The van der Waals surface area contributed by atoms with E-state index in [1.807, 2.05) is 37.8 Å². The molecule has 2 rings (SSSR count). The Morgan fingerprint density at radius 2 is 1.83 bits per heavy atom. The second-order valence-electron chi connectivity index (χ2n) is 7.10. The first-order valence-electron chi connectivity index (χ1n) is 8.50. The summed E-state index contributed by atoms with van der Waals surface area (Å²) in [5.74, 6) is 0.107. The van der Waals surface area contributed by atoms with Crippen molar-refractivity contribution in [2.24, 2.45) is 0 Å². The smallest absolute Gasteiger partial charge is 0.410 e. The van der Waals surface area contributed by atoms with Gasteiger partial charge in [-0.15, -0.1) is 0 Å². The number of hydrogen-bond donors (Lipinski definition) is 0. The number of hydrogen-bond acceptors (Lipinski definition) is 4. The molecule has 6 heteroatoms. The lowest BCUT2D eigenvalue weighted by Gasteiger charge is -2.28. The van der Waals surface area contributed by atoms with Crippen LogP contribution < -0.4 is 0 Å². The van der Waals surface area contributed by atoms with Crippen molar-refractivity contribution in [3.05, 3.63) is 30.1 Å². The Hall–Kier alpha value is -2.11. The van der Waals surface area contributed by atoms with Crippen molar-refractivity contribution < 1.29 is 14.3 Å². The number of amides is 2. The molecule has 0 saturated carbocycles. The van der Waals surface area contributed by atoms with E-state index in [0.29, 0.717) is 19.5 Å². The van der Waals surface area contributed by atoms with Crippen LogP contribution in [0, 0.1) is 0 Å². The number of likely N-dealkylation sites (tertiary alicyclic amines) is 1. The first-order chi connectivity index (χ1) is 11.3. The predicted octanol–water partition coefficient (Wildman–Crippen LogP) is 2.83. The summed E-state index contributed by atoms with van der Waals surface area (Å²) < 4.78 is 5.48. The summed E-state index contributed by atoms with van der Waals surface area (Å²) in [7, 11) is 0. The third-order valence-electron chi connectivity index (χ3n) is 3.83. The molecule has 0 aromatic carbocycles. The molecule has 0 unspecified atom stereocenters. The normalized spacial score (nSPS) is 14.5. The number of ether oxygens (including phenoxy) is 1. The van der Waals surface area contributed by atoms with E-state index >= 15 is 0 Å². The minimum absolute atomic E-state index is 0.107. The number of aromatic nitrogens is 1. The van der Waals surface area contributed by atoms with Crippen LogP contribution in [-0.2, 0) is 16.1 Å². The third kappa shape index (κ3) is 5.83. The lowest BCUT2D eigenvalue weighted by Crippen LogP contribution is -2.39. The van der Waals surface area contributed by atoms with Crippen LogP contribution >= 0.6 is 0 Å². The summed E-state index contributed by atoms with van der Waals surface area (Å²) in [6.07, 6.45) is 5.45. The summed E-state index contributed by atoms with van der Waals surface area (Å²) in [5.41, 5.74) is 0.400. The first kappa shape index (κ1) is 18.2. The molecule has 1 aliphatic heterocycles. The van der Waals surface area contributed by atoms with Crippen molar-refractivity contribution in [2.75, 3.05) is 19.6 Å². The summed E-state index contributed by atoms with van der Waals surface area (Å²) in [6, 6.07) is 3.72. The molecule has 2 heterocycles. The third-order valence-corrected chi connectivity index (χ3v) is 3.83. The Kier molecular flexibility index (Phi) is 6.17. The lowest BCUT2D eigenvalue weighted by molar-refractivity contribution is -0.130.